The topological polar surface area (TPSA) is 49.9 Å². The van der Waals surface area contributed by atoms with Gasteiger partial charge in [0.15, 0.2) is 0 Å². The summed E-state index contributed by atoms with van der Waals surface area (Å²) in [6.45, 7) is 6.27. The number of amides is 1. The molecule has 5 nitrogen and oxygen atoms in total. The summed E-state index contributed by atoms with van der Waals surface area (Å²) in [5.41, 5.74) is 1.51. The van der Waals surface area contributed by atoms with Crippen molar-refractivity contribution >= 4 is 34.8 Å². The van der Waals surface area contributed by atoms with Crippen LogP contribution in [-0.2, 0) is 9.53 Å². The van der Waals surface area contributed by atoms with Crippen molar-refractivity contribution in [3.8, 4) is 0 Å². The molecule has 0 radical (unpaired) electrons. The zero-order valence-electron chi connectivity index (χ0n) is 15.7. The van der Waals surface area contributed by atoms with Gasteiger partial charge in [-0.15, -0.1) is 11.3 Å². The maximum absolute atomic E-state index is 12.8. The Kier molecular flexibility index (Phi) is 6.19. The highest BCUT2D eigenvalue weighted by atomic mass is 35.5. The molecule has 2 heterocycles. The Balaban J connectivity index is 1.74. The van der Waals surface area contributed by atoms with Crippen LogP contribution in [0.5, 0.6) is 0 Å². The lowest BCUT2D eigenvalue weighted by molar-refractivity contribution is -0.148. The van der Waals surface area contributed by atoms with E-state index in [4.69, 9.17) is 16.3 Å². The smallest absolute Gasteiger partial charge is 0.327 e. The predicted octanol–water partition coefficient (Wildman–Crippen LogP) is 3.69. The number of methoxy groups -OCH3 is 1. The average Bonchev–Trinajstić information content (AvgIpc) is 3.01. The Morgan fingerprint density at radius 3 is 2.37 bits per heavy atom. The van der Waals surface area contributed by atoms with E-state index in [-0.39, 0.29) is 11.9 Å². The molecule has 0 saturated carbocycles. The molecule has 1 aromatic carbocycles. The van der Waals surface area contributed by atoms with Gasteiger partial charge in [-0.25, -0.2) is 4.79 Å². The molecule has 1 aromatic heterocycles. The van der Waals surface area contributed by atoms with Crippen LogP contribution in [0.1, 0.15) is 31.7 Å². The van der Waals surface area contributed by atoms with Gasteiger partial charge in [0, 0.05) is 41.0 Å². The lowest BCUT2D eigenvalue weighted by atomic mass is 10.0. The second-order valence-corrected chi connectivity index (χ2v) is 8.47. The van der Waals surface area contributed by atoms with E-state index in [2.05, 4.69) is 0 Å². The Hall–Kier alpha value is -1.89. The van der Waals surface area contributed by atoms with Crippen molar-refractivity contribution in [1.82, 2.24) is 9.80 Å². The van der Waals surface area contributed by atoms with Crippen molar-refractivity contribution in [1.29, 1.82) is 0 Å². The number of hydrogen-bond acceptors (Lipinski definition) is 5. The first-order chi connectivity index (χ1) is 12.9. The van der Waals surface area contributed by atoms with Gasteiger partial charge in [-0.3, -0.25) is 9.69 Å². The van der Waals surface area contributed by atoms with Crippen LogP contribution in [0, 0.1) is 13.8 Å². The molecule has 144 valence electrons. The number of esters is 1. The zero-order valence-corrected chi connectivity index (χ0v) is 17.3. The van der Waals surface area contributed by atoms with Gasteiger partial charge in [0.2, 0.25) is 0 Å². The van der Waals surface area contributed by atoms with Crippen LogP contribution < -0.4 is 0 Å². The molecule has 1 aliphatic rings. The summed E-state index contributed by atoms with van der Waals surface area (Å²) in [7, 11) is 1.38. The first-order valence-corrected chi connectivity index (χ1v) is 10.0. The molecule has 27 heavy (non-hydrogen) atoms. The molecular formula is C20H23ClN2O3S. The molecule has 1 fully saturated rings. The van der Waals surface area contributed by atoms with E-state index < -0.39 is 6.04 Å². The van der Waals surface area contributed by atoms with Crippen molar-refractivity contribution in [2.75, 3.05) is 33.3 Å². The Morgan fingerprint density at radius 1 is 1.15 bits per heavy atom. The molecule has 0 bridgehead atoms. The minimum Gasteiger partial charge on any atom is -0.468 e. The standard InChI is InChI=1S/C20H23ClN2O3S/c1-13-12-16(14(2)27-13)19(24)23-10-8-22(9-11-23)18(20(25)26-3)15-6-4-5-7-17(15)21/h4-7,12,18H,8-11H2,1-3H3. The fourth-order valence-electron chi connectivity index (χ4n) is 3.48. The highest BCUT2D eigenvalue weighted by Crippen LogP contribution is 2.30. The number of carbonyl (C=O) groups is 2. The lowest BCUT2D eigenvalue weighted by Crippen LogP contribution is -2.51. The zero-order chi connectivity index (χ0) is 19.6. The molecule has 2 aromatic rings. The van der Waals surface area contributed by atoms with Crippen LogP contribution in [0.2, 0.25) is 5.02 Å². The van der Waals surface area contributed by atoms with Gasteiger partial charge in [-0.05, 0) is 31.5 Å². The third-order valence-corrected chi connectivity index (χ3v) is 6.17. The largest absolute Gasteiger partial charge is 0.468 e. The van der Waals surface area contributed by atoms with E-state index in [1.165, 1.54) is 7.11 Å². The number of carbonyl (C=O) groups excluding carboxylic acids is 2. The number of aryl methyl sites for hydroxylation is 2. The normalized spacial score (nSPS) is 16.2. The second-order valence-electron chi connectivity index (χ2n) is 6.60. The van der Waals surface area contributed by atoms with Crippen LogP contribution in [0.4, 0.5) is 0 Å². The van der Waals surface area contributed by atoms with Gasteiger partial charge < -0.3 is 9.64 Å². The summed E-state index contributed by atoms with van der Waals surface area (Å²) in [6.07, 6.45) is 0. The molecule has 7 heteroatoms. The third kappa shape index (κ3) is 4.18. The molecule has 1 amide bonds. The minimum atomic E-state index is -0.564. The first kappa shape index (κ1) is 19.9. The van der Waals surface area contributed by atoms with Gasteiger partial charge in [0.25, 0.3) is 5.91 Å². The van der Waals surface area contributed by atoms with Gasteiger partial charge in [0.1, 0.15) is 6.04 Å². The number of ether oxygens (including phenoxy) is 1. The summed E-state index contributed by atoms with van der Waals surface area (Å²) in [5, 5.41) is 0.538. The molecule has 3 rings (SSSR count). The number of benzene rings is 1. The summed E-state index contributed by atoms with van der Waals surface area (Å²) >= 11 is 7.96. The quantitative estimate of drug-likeness (QED) is 0.726. The Labute approximate surface area is 168 Å². The third-order valence-electron chi connectivity index (χ3n) is 4.86. The highest BCUT2D eigenvalue weighted by molar-refractivity contribution is 7.12. The second kappa shape index (κ2) is 8.42. The summed E-state index contributed by atoms with van der Waals surface area (Å²) in [6, 6.07) is 8.70. The monoisotopic (exact) mass is 406 g/mol. The van der Waals surface area contributed by atoms with Gasteiger partial charge in [-0.1, -0.05) is 29.8 Å². The molecule has 1 aliphatic heterocycles. The van der Waals surface area contributed by atoms with Crippen molar-refractivity contribution in [2.45, 2.75) is 19.9 Å². The van der Waals surface area contributed by atoms with Crippen LogP contribution >= 0.6 is 22.9 Å². The number of piperazine rings is 1. The SMILES string of the molecule is COC(=O)C(c1ccccc1Cl)N1CCN(C(=O)c2cc(C)sc2C)CC1. The van der Waals surface area contributed by atoms with E-state index in [1.807, 2.05) is 47.9 Å². The lowest BCUT2D eigenvalue weighted by Gasteiger charge is -2.38. The molecule has 1 saturated heterocycles. The summed E-state index contributed by atoms with van der Waals surface area (Å²) in [5.74, 6) is -0.281. The number of rotatable bonds is 4. The van der Waals surface area contributed by atoms with E-state index in [1.54, 1.807) is 17.4 Å². The number of nitrogens with zero attached hydrogens (tertiary/aromatic N) is 2. The van der Waals surface area contributed by atoms with Crippen LogP contribution in [0.15, 0.2) is 30.3 Å². The molecule has 0 N–H and O–H groups in total. The molecular weight excluding hydrogens is 384 g/mol. The van der Waals surface area contributed by atoms with Gasteiger partial charge in [0.05, 0.1) is 12.7 Å². The molecule has 1 atom stereocenters. The van der Waals surface area contributed by atoms with E-state index >= 15 is 0 Å². The van der Waals surface area contributed by atoms with Crippen LogP contribution in [0.3, 0.4) is 0 Å². The van der Waals surface area contributed by atoms with E-state index in [0.717, 1.165) is 20.9 Å². The van der Waals surface area contributed by atoms with E-state index in [9.17, 15) is 9.59 Å². The maximum Gasteiger partial charge on any atom is 0.327 e. The number of hydrogen-bond donors (Lipinski definition) is 0. The van der Waals surface area contributed by atoms with Gasteiger partial charge >= 0.3 is 5.97 Å². The van der Waals surface area contributed by atoms with Crippen molar-refractivity contribution < 1.29 is 14.3 Å². The van der Waals surface area contributed by atoms with E-state index in [0.29, 0.717) is 31.2 Å². The van der Waals surface area contributed by atoms with Crippen molar-refractivity contribution in [3.05, 3.63) is 56.2 Å². The number of thiophene rings is 1. The van der Waals surface area contributed by atoms with Gasteiger partial charge in [-0.2, -0.15) is 0 Å². The van der Waals surface area contributed by atoms with Crippen LogP contribution in [0.25, 0.3) is 0 Å². The van der Waals surface area contributed by atoms with Crippen molar-refractivity contribution in [2.24, 2.45) is 0 Å². The maximum atomic E-state index is 12.8. The average molecular weight is 407 g/mol. The summed E-state index contributed by atoms with van der Waals surface area (Å²) in [4.78, 5) is 31.3. The Bertz CT molecular complexity index is 844. The molecule has 1 unspecified atom stereocenters. The first-order valence-electron chi connectivity index (χ1n) is 8.85. The number of halogens is 1. The fraction of sp³-hybridized carbons (Fsp3) is 0.400. The molecule has 0 spiro atoms. The van der Waals surface area contributed by atoms with Crippen LogP contribution in [-0.4, -0.2) is 55.0 Å². The predicted molar refractivity (Wildman–Crippen MR) is 107 cm³/mol. The molecule has 0 aliphatic carbocycles. The fourth-order valence-corrected chi connectivity index (χ4v) is 4.63. The minimum absolute atomic E-state index is 0.0591. The highest BCUT2D eigenvalue weighted by Gasteiger charge is 2.34. The van der Waals surface area contributed by atoms with Crippen molar-refractivity contribution in [3.63, 3.8) is 0 Å². The summed E-state index contributed by atoms with van der Waals surface area (Å²) < 4.78 is 5.02. The Morgan fingerprint density at radius 2 is 1.81 bits per heavy atom.